The molecule has 1 saturated carbocycles. The summed E-state index contributed by atoms with van der Waals surface area (Å²) < 4.78 is 5.06. The lowest BCUT2D eigenvalue weighted by molar-refractivity contribution is -0.145. The molecule has 0 radical (unpaired) electrons. The van der Waals surface area contributed by atoms with Gasteiger partial charge in [-0.2, -0.15) is 0 Å². The second kappa shape index (κ2) is 6.66. The summed E-state index contributed by atoms with van der Waals surface area (Å²) in [4.78, 5) is 23.1. The van der Waals surface area contributed by atoms with E-state index in [1.807, 2.05) is 6.92 Å². The Kier molecular flexibility index (Phi) is 5.50. The van der Waals surface area contributed by atoms with Gasteiger partial charge >= 0.3 is 5.97 Å². The third-order valence-electron chi connectivity index (χ3n) is 3.24. The number of rotatable bonds is 6. The van der Waals surface area contributed by atoms with E-state index < -0.39 is 0 Å². The first kappa shape index (κ1) is 13.2. The first-order valence-corrected chi connectivity index (χ1v) is 6.37. The summed E-state index contributed by atoms with van der Waals surface area (Å²) in [6.45, 7) is 4.56. The van der Waals surface area contributed by atoms with E-state index in [4.69, 9.17) is 4.74 Å². The molecule has 0 N–H and O–H groups in total. The molecule has 0 amide bonds. The Hall–Kier alpha value is -0.860. The number of esters is 1. The zero-order chi connectivity index (χ0) is 12.0. The molecule has 0 heterocycles. The molecule has 0 aliphatic heterocycles. The van der Waals surface area contributed by atoms with Crippen molar-refractivity contribution < 1.29 is 14.3 Å². The van der Waals surface area contributed by atoms with Crippen LogP contribution in [0.3, 0.4) is 0 Å². The summed E-state index contributed by atoms with van der Waals surface area (Å²) in [5, 5.41) is 0. The number of hydrogen-bond acceptors (Lipinski definition) is 3. The molecule has 0 aromatic rings. The molecule has 1 aliphatic carbocycles. The number of carbonyl (C=O) groups excluding carboxylic acids is 2. The maximum absolute atomic E-state index is 11.6. The van der Waals surface area contributed by atoms with Crippen molar-refractivity contribution in [1.82, 2.24) is 0 Å². The molecule has 92 valence electrons. The second-order valence-electron chi connectivity index (χ2n) is 4.58. The Bertz CT molecular complexity index is 248. The van der Waals surface area contributed by atoms with Gasteiger partial charge in [0.05, 0.1) is 6.61 Å². The van der Waals surface area contributed by atoms with Crippen LogP contribution in [0.2, 0.25) is 0 Å². The van der Waals surface area contributed by atoms with Crippen molar-refractivity contribution in [2.45, 2.75) is 52.4 Å². The standard InChI is InChI=1S/C13H22O3/c1-3-5-11-10(6-7-12(11)14)9-13(15)16-8-4-2/h10-11H,3-9H2,1-2H3. The maximum Gasteiger partial charge on any atom is 0.306 e. The van der Waals surface area contributed by atoms with Crippen LogP contribution in [-0.4, -0.2) is 18.4 Å². The zero-order valence-corrected chi connectivity index (χ0v) is 10.3. The van der Waals surface area contributed by atoms with Gasteiger partial charge in [-0.25, -0.2) is 0 Å². The van der Waals surface area contributed by atoms with Crippen molar-refractivity contribution in [3.63, 3.8) is 0 Å². The van der Waals surface area contributed by atoms with Gasteiger partial charge in [0, 0.05) is 18.8 Å². The van der Waals surface area contributed by atoms with Crippen LogP contribution < -0.4 is 0 Å². The van der Waals surface area contributed by atoms with Crippen molar-refractivity contribution in [3.05, 3.63) is 0 Å². The predicted octanol–water partition coefficient (Wildman–Crippen LogP) is 2.73. The van der Waals surface area contributed by atoms with Gasteiger partial charge in [-0.1, -0.05) is 20.3 Å². The monoisotopic (exact) mass is 226 g/mol. The minimum Gasteiger partial charge on any atom is -0.466 e. The molecule has 1 rings (SSSR count). The maximum atomic E-state index is 11.6. The van der Waals surface area contributed by atoms with Crippen LogP contribution in [0.15, 0.2) is 0 Å². The molecular formula is C13H22O3. The molecule has 16 heavy (non-hydrogen) atoms. The predicted molar refractivity (Wildman–Crippen MR) is 62.0 cm³/mol. The number of carbonyl (C=O) groups is 2. The molecule has 3 heteroatoms. The minimum atomic E-state index is -0.136. The van der Waals surface area contributed by atoms with E-state index in [2.05, 4.69) is 6.92 Å². The quantitative estimate of drug-likeness (QED) is 0.654. The molecule has 1 fully saturated rings. The normalized spacial score (nSPS) is 24.8. The summed E-state index contributed by atoms with van der Waals surface area (Å²) >= 11 is 0. The summed E-state index contributed by atoms with van der Waals surface area (Å²) in [5.41, 5.74) is 0. The Balaban J connectivity index is 2.40. The smallest absolute Gasteiger partial charge is 0.306 e. The Morgan fingerprint density at radius 1 is 1.38 bits per heavy atom. The van der Waals surface area contributed by atoms with Gasteiger partial charge in [-0.3, -0.25) is 9.59 Å². The first-order valence-electron chi connectivity index (χ1n) is 6.37. The van der Waals surface area contributed by atoms with E-state index in [9.17, 15) is 9.59 Å². The van der Waals surface area contributed by atoms with Crippen molar-refractivity contribution >= 4 is 11.8 Å². The highest BCUT2D eigenvalue weighted by Crippen LogP contribution is 2.34. The molecule has 2 atom stereocenters. The van der Waals surface area contributed by atoms with E-state index in [1.165, 1.54) is 0 Å². The lowest BCUT2D eigenvalue weighted by Crippen LogP contribution is -2.19. The molecular weight excluding hydrogens is 204 g/mol. The third-order valence-corrected chi connectivity index (χ3v) is 3.24. The molecule has 3 nitrogen and oxygen atoms in total. The molecule has 0 aromatic carbocycles. The first-order chi connectivity index (χ1) is 7.69. The number of ether oxygens (including phenoxy) is 1. The highest BCUT2D eigenvalue weighted by molar-refractivity contribution is 5.84. The fourth-order valence-corrected chi connectivity index (χ4v) is 2.42. The van der Waals surface area contributed by atoms with Crippen molar-refractivity contribution in [2.75, 3.05) is 6.61 Å². The summed E-state index contributed by atoms with van der Waals surface area (Å²) in [6, 6.07) is 0. The zero-order valence-electron chi connectivity index (χ0n) is 10.3. The van der Waals surface area contributed by atoms with E-state index in [1.54, 1.807) is 0 Å². The van der Waals surface area contributed by atoms with Crippen LogP contribution in [0.5, 0.6) is 0 Å². The molecule has 2 unspecified atom stereocenters. The SMILES string of the molecule is CCCOC(=O)CC1CCC(=O)C1CCC. The second-order valence-corrected chi connectivity index (χ2v) is 4.58. The molecule has 0 spiro atoms. The van der Waals surface area contributed by atoms with Crippen molar-refractivity contribution in [3.8, 4) is 0 Å². The average Bonchev–Trinajstić information content (AvgIpc) is 2.59. The largest absolute Gasteiger partial charge is 0.466 e. The highest BCUT2D eigenvalue weighted by Gasteiger charge is 2.35. The van der Waals surface area contributed by atoms with Crippen molar-refractivity contribution in [1.29, 1.82) is 0 Å². The molecule has 0 saturated heterocycles. The summed E-state index contributed by atoms with van der Waals surface area (Å²) in [7, 11) is 0. The Labute approximate surface area is 97.5 Å². The Morgan fingerprint density at radius 2 is 2.12 bits per heavy atom. The summed E-state index contributed by atoms with van der Waals surface area (Å²) in [6.07, 6.45) is 4.73. The van der Waals surface area contributed by atoms with Gasteiger partial charge in [-0.05, 0) is 25.2 Å². The molecule has 0 bridgehead atoms. The van der Waals surface area contributed by atoms with Crippen LogP contribution >= 0.6 is 0 Å². The van der Waals surface area contributed by atoms with Crippen LogP contribution in [0.1, 0.15) is 52.4 Å². The molecule has 1 aliphatic rings. The van der Waals surface area contributed by atoms with Crippen LogP contribution in [0, 0.1) is 11.8 Å². The van der Waals surface area contributed by atoms with Gasteiger partial charge in [0.1, 0.15) is 5.78 Å². The van der Waals surface area contributed by atoms with E-state index in [0.29, 0.717) is 25.2 Å². The van der Waals surface area contributed by atoms with Crippen molar-refractivity contribution in [2.24, 2.45) is 11.8 Å². The fraction of sp³-hybridized carbons (Fsp3) is 0.846. The lowest BCUT2D eigenvalue weighted by atomic mass is 9.89. The lowest BCUT2D eigenvalue weighted by Gasteiger charge is -2.16. The van der Waals surface area contributed by atoms with Crippen LogP contribution in [-0.2, 0) is 14.3 Å². The van der Waals surface area contributed by atoms with E-state index in [0.717, 1.165) is 25.7 Å². The highest BCUT2D eigenvalue weighted by atomic mass is 16.5. The van der Waals surface area contributed by atoms with Gasteiger partial charge in [0.2, 0.25) is 0 Å². The van der Waals surface area contributed by atoms with Gasteiger partial charge in [-0.15, -0.1) is 0 Å². The van der Waals surface area contributed by atoms with Crippen LogP contribution in [0.25, 0.3) is 0 Å². The summed E-state index contributed by atoms with van der Waals surface area (Å²) in [5.74, 6) is 0.550. The number of hydrogen-bond donors (Lipinski definition) is 0. The van der Waals surface area contributed by atoms with Crippen LogP contribution in [0.4, 0.5) is 0 Å². The van der Waals surface area contributed by atoms with Gasteiger partial charge in [0.15, 0.2) is 0 Å². The number of Topliss-reactive ketones (excluding diaryl/α,β-unsaturated/α-hetero) is 1. The van der Waals surface area contributed by atoms with Gasteiger partial charge < -0.3 is 4.74 Å². The Morgan fingerprint density at radius 3 is 2.75 bits per heavy atom. The van der Waals surface area contributed by atoms with E-state index in [-0.39, 0.29) is 17.8 Å². The fourth-order valence-electron chi connectivity index (χ4n) is 2.42. The van der Waals surface area contributed by atoms with E-state index >= 15 is 0 Å². The minimum absolute atomic E-state index is 0.110. The topological polar surface area (TPSA) is 43.4 Å². The average molecular weight is 226 g/mol. The molecule has 0 aromatic heterocycles. The number of ketones is 1. The van der Waals surface area contributed by atoms with Gasteiger partial charge in [0.25, 0.3) is 0 Å². The third kappa shape index (κ3) is 3.62.